The molecule has 1 unspecified atom stereocenters. The Labute approximate surface area is 206 Å². The lowest BCUT2D eigenvalue weighted by Crippen LogP contribution is -2.55. The average Bonchev–Trinajstić information content (AvgIpc) is 3.74. The van der Waals surface area contributed by atoms with Crippen LogP contribution in [-0.2, 0) is 23.7 Å². The number of phenolic OH excluding ortho intramolecular Hbond substituents is 1. The zero-order valence-electron chi connectivity index (χ0n) is 21.4. The van der Waals surface area contributed by atoms with Gasteiger partial charge in [-0.25, -0.2) is 0 Å². The number of phenols is 1. The molecule has 2 aliphatic heterocycles. The number of nitrogens with one attached hydrogen (secondary N) is 1. The fraction of sp³-hybridized carbons (Fsp3) is 0.654. The van der Waals surface area contributed by atoms with Crippen LogP contribution in [-0.4, -0.2) is 75.1 Å². The summed E-state index contributed by atoms with van der Waals surface area (Å²) >= 11 is 0. The van der Waals surface area contributed by atoms with E-state index in [0.29, 0.717) is 24.5 Å². The molecular formula is C26H37NO8. The van der Waals surface area contributed by atoms with Crippen LogP contribution in [0, 0.1) is 5.92 Å². The van der Waals surface area contributed by atoms with Gasteiger partial charge in [0.15, 0.2) is 11.5 Å². The molecule has 1 aromatic carbocycles. The highest BCUT2D eigenvalue weighted by Crippen LogP contribution is 2.59. The molecule has 6 atom stereocenters. The molecule has 9 nitrogen and oxygen atoms in total. The molecule has 2 N–H and O–H groups in total. The van der Waals surface area contributed by atoms with Crippen molar-refractivity contribution in [1.82, 2.24) is 0 Å². The molecule has 0 aromatic heterocycles. The standard InChI is InChI=1S/C26H37NO8/c1-15(2)7-8-20-25(3,35-20)24-23(32-6)18(9-10-26(24)14-33-26)34-21(29)13-27-16-11-17(28)22(31-5)19(12-16)30-4/h7,11-12,18,20,23-24,27-28H,8-10,13-14H2,1-6H3/t18-,20?,23-,24-,25+,26+/m1/s1. The number of epoxide rings is 2. The molecule has 194 valence electrons. The lowest BCUT2D eigenvalue weighted by Gasteiger charge is -2.42. The van der Waals surface area contributed by atoms with Crippen molar-refractivity contribution < 1.29 is 38.3 Å². The maximum absolute atomic E-state index is 12.8. The third-order valence-corrected chi connectivity index (χ3v) is 7.42. The minimum Gasteiger partial charge on any atom is -0.504 e. The number of carbonyl (C=O) groups is 1. The van der Waals surface area contributed by atoms with Crippen molar-refractivity contribution in [3.63, 3.8) is 0 Å². The van der Waals surface area contributed by atoms with Gasteiger partial charge in [-0.05, 0) is 40.0 Å². The van der Waals surface area contributed by atoms with E-state index in [2.05, 4.69) is 32.2 Å². The van der Waals surface area contributed by atoms with Crippen molar-refractivity contribution in [2.24, 2.45) is 5.92 Å². The van der Waals surface area contributed by atoms with E-state index in [1.165, 1.54) is 25.9 Å². The van der Waals surface area contributed by atoms with Crippen LogP contribution < -0.4 is 14.8 Å². The maximum Gasteiger partial charge on any atom is 0.325 e. The van der Waals surface area contributed by atoms with Gasteiger partial charge in [0.05, 0.1) is 32.8 Å². The molecule has 1 spiro atoms. The van der Waals surface area contributed by atoms with Crippen LogP contribution in [0.25, 0.3) is 0 Å². The Morgan fingerprint density at radius 1 is 1.26 bits per heavy atom. The summed E-state index contributed by atoms with van der Waals surface area (Å²) in [7, 11) is 4.57. The molecule has 1 saturated carbocycles. The normalized spacial score (nSPS) is 33.1. The minimum absolute atomic E-state index is 0.0298. The number of carbonyl (C=O) groups excluding carboxylic acids is 1. The van der Waals surface area contributed by atoms with Crippen LogP contribution in [0.5, 0.6) is 17.2 Å². The first kappa shape index (κ1) is 25.6. The third-order valence-electron chi connectivity index (χ3n) is 7.42. The van der Waals surface area contributed by atoms with Gasteiger partial charge in [-0.2, -0.15) is 0 Å². The van der Waals surface area contributed by atoms with Gasteiger partial charge in [0.2, 0.25) is 5.75 Å². The second-order valence-corrected chi connectivity index (χ2v) is 9.99. The third kappa shape index (κ3) is 5.08. The lowest BCUT2D eigenvalue weighted by atomic mass is 9.68. The Bertz CT molecular complexity index is 970. The molecule has 9 heteroatoms. The monoisotopic (exact) mass is 491 g/mol. The lowest BCUT2D eigenvalue weighted by molar-refractivity contribution is -0.170. The summed E-state index contributed by atoms with van der Waals surface area (Å²) in [5.41, 5.74) is 1.11. The molecular weight excluding hydrogens is 454 g/mol. The zero-order valence-corrected chi connectivity index (χ0v) is 21.4. The van der Waals surface area contributed by atoms with E-state index in [4.69, 9.17) is 28.4 Å². The molecule has 1 aliphatic carbocycles. The smallest absolute Gasteiger partial charge is 0.325 e. The number of hydrogen-bond acceptors (Lipinski definition) is 9. The molecule has 2 saturated heterocycles. The first-order chi connectivity index (χ1) is 16.7. The number of benzene rings is 1. The molecule has 4 rings (SSSR count). The Morgan fingerprint density at radius 2 is 2.00 bits per heavy atom. The Balaban J connectivity index is 1.41. The average molecular weight is 492 g/mol. The fourth-order valence-corrected chi connectivity index (χ4v) is 5.50. The van der Waals surface area contributed by atoms with E-state index in [1.54, 1.807) is 13.2 Å². The van der Waals surface area contributed by atoms with Crippen molar-refractivity contribution in [2.75, 3.05) is 39.8 Å². The largest absolute Gasteiger partial charge is 0.504 e. The van der Waals surface area contributed by atoms with Crippen LogP contribution in [0.2, 0.25) is 0 Å². The van der Waals surface area contributed by atoms with Crippen molar-refractivity contribution in [3.8, 4) is 17.2 Å². The van der Waals surface area contributed by atoms with E-state index in [9.17, 15) is 9.90 Å². The van der Waals surface area contributed by atoms with E-state index in [0.717, 1.165) is 12.8 Å². The number of aromatic hydroxyl groups is 1. The molecule has 2 heterocycles. The van der Waals surface area contributed by atoms with E-state index < -0.39 is 12.1 Å². The maximum atomic E-state index is 12.8. The highest BCUT2D eigenvalue weighted by Gasteiger charge is 2.72. The summed E-state index contributed by atoms with van der Waals surface area (Å²) in [5.74, 6) is 0.0469. The number of anilines is 1. The van der Waals surface area contributed by atoms with Crippen molar-refractivity contribution >= 4 is 11.7 Å². The van der Waals surface area contributed by atoms with Crippen LogP contribution in [0.3, 0.4) is 0 Å². The van der Waals surface area contributed by atoms with Gasteiger partial charge in [-0.15, -0.1) is 0 Å². The van der Waals surface area contributed by atoms with Gasteiger partial charge >= 0.3 is 5.97 Å². The highest BCUT2D eigenvalue weighted by molar-refractivity contribution is 5.76. The number of esters is 1. The van der Waals surface area contributed by atoms with Gasteiger partial charge in [0.1, 0.15) is 30.0 Å². The molecule has 0 radical (unpaired) electrons. The summed E-state index contributed by atoms with van der Waals surface area (Å²) in [6.07, 6.45) is 3.84. The summed E-state index contributed by atoms with van der Waals surface area (Å²) in [5, 5.41) is 13.1. The van der Waals surface area contributed by atoms with Gasteiger partial charge in [-0.3, -0.25) is 4.79 Å². The first-order valence-corrected chi connectivity index (χ1v) is 12.0. The van der Waals surface area contributed by atoms with E-state index >= 15 is 0 Å². The first-order valence-electron chi connectivity index (χ1n) is 12.0. The second kappa shape index (κ2) is 9.87. The zero-order chi connectivity index (χ0) is 25.4. The number of allylic oxidation sites excluding steroid dienone is 1. The van der Waals surface area contributed by atoms with E-state index in [1.807, 2.05) is 0 Å². The SMILES string of the molecule is COc1cc(NCC(=O)O[C@@H]2CC[C@]3(CO3)[C@@H]([C@@]3(C)OC3CC=C(C)C)[C@@H]2OC)cc(O)c1OC. The Morgan fingerprint density at radius 3 is 2.60 bits per heavy atom. The van der Waals surface area contributed by atoms with Crippen LogP contribution in [0.4, 0.5) is 5.69 Å². The fourth-order valence-electron chi connectivity index (χ4n) is 5.50. The number of rotatable bonds is 10. The van der Waals surface area contributed by atoms with Crippen molar-refractivity contribution in [1.29, 1.82) is 0 Å². The summed E-state index contributed by atoms with van der Waals surface area (Å²) < 4.78 is 34.4. The molecule has 3 aliphatic rings. The molecule has 35 heavy (non-hydrogen) atoms. The Hall–Kier alpha value is -2.49. The van der Waals surface area contributed by atoms with Crippen molar-refractivity contribution in [3.05, 3.63) is 23.8 Å². The molecule has 0 amide bonds. The van der Waals surface area contributed by atoms with Crippen LogP contribution in [0.1, 0.15) is 40.0 Å². The predicted octanol–water partition coefficient (Wildman–Crippen LogP) is 3.44. The van der Waals surface area contributed by atoms with Crippen LogP contribution >= 0.6 is 0 Å². The number of hydrogen-bond donors (Lipinski definition) is 2. The minimum atomic E-state index is -0.416. The van der Waals surface area contributed by atoms with Gasteiger partial charge in [0.25, 0.3) is 0 Å². The summed E-state index contributed by atoms with van der Waals surface area (Å²) in [4.78, 5) is 12.8. The van der Waals surface area contributed by atoms with Crippen molar-refractivity contribution in [2.45, 2.75) is 69.5 Å². The highest BCUT2D eigenvalue weighted by atomic mass is 16.6. The van der Waals surface area contributed by atoms with Crippen LogP contribution in [0.15, 0.2) is 23.8 Å². The number of ether oxygens (including phenoxy) is 6. The number of methoxy groups -OCH3 is 3. The summed E-state index contributed by atoms with van der Waals surface area (Å²) in [6.45, 7) is 6.88. The second-order valence-electron chi connectivity index (χ2n) is 9.99. The van der Waals surface area contributed by atoms with Gasteiger partial charge < -0.3 is 38.8 Å². The molecule has 1 aromatic rings. The van der Waals surface area contributed by atoms with Gasteiger partial charge in [0, 0.05) is 24.9 Å². The van der Waals surface area contributed by atoms with Gasteiger partial charge in [-0.1, -0.05) is 11.6 Å². The summed E-state index contributed by atoms with van der Waals surface area (Å²) in [6, 6.07) is 3.11. The predicted molar refractivity (Wildman–Crippen MR) is 129 cm³/mol. The Kier molecular flexibility index (Phi) is 7.22. The topological polar surface area (TPSA) is 111 Å². The molecule has 3 fully saturated rings. The van der Waals surface area contributed by atoms with E-state index in [-0.39, 0.29) is 47.4 Å². The molecule has 0 bridgehead atoms. The quantitative estimate of drug-likeness (QED) is 0.289.